The van der Waals surface area contributed by atoms with Gasteiger partial charge in [0.25, 0.3) is 0 Å². The van der Waals surface area contributed by atoms with Crippen molar-refractivity contribution < 1.29 is 14.6 Å². The molecule has 1 aromatic rings. The number of hydrogen-bond donors (Lipinski definition) is 1. The van der Waals surface area contributed by atoms with E-state index in [1.165, 1.54) is 0 Å². The SMILES string of the molecule is CC(C)c1nc(CN2CCOCC2C(=O)O)cs1. The van der Waals surface area contributed by atoms with Crippen molar-refractivity contribution in [2.24, 2.45) is 0 Å². The second kappa shape index (κ2) is 5.77. The van der Waals surface area contributed by atoms with Crippen LogP contribution in [0.15, 0.2) is 5.38 Å². The zero-order chi connectivity index (χ0) is 13.1. The normalized spacial score (nSPS) is 21.4. The van der Waals surface area contributed by atoms with Crippen molar-refractivity contribution >= 4 is 17.3 Å². The number of hydrogen-bond acceptors (Lipinski definition) is 5. The minimum atomic E-state index is -0.825. The highest BCUT2D eigenvalue weighted by Crippen LogP contribution is 2.21. The van der Waals surface area contributed by atoms with Crippen LogP contribution in [0.2, 0.25) is 0 Å². The summed E-state index contributed by atoms with van der Waals surface area (Å²) >= 11 is 1.64. The monoisotopic (exact) mass is 270 g/mol. The molecule has 1 aromatic heterocycles. The topological polar surface area (TPSA) is 62.7 Å². The van der Waals surface area contributed by atoms with Gasteiger partial charge < -0.3 is 9.84 Å². The Labute approximate surface area is 110 Å². The van der Waals surface area contributed by atoms with Gasteiger partial charge in [0.2, 0.25) is 0 Å². The molecule has 1 fully saturated rings. The summed E-state index contributed by atoms with van der Waals surface area (Å²) in [7, 11) is 0. The third-order valence-corrected chi connectivity index (χ3v) is 4.15. The van der Waals surface area contributed by atoms with Crippen LogP contribution in [0.5, 0.6) is 0 Å². The molecule has 0 radical (unpaired) electrons. The van der Waals surface area contributed by atoms with Crippen molar-refractivity contribution in [3.8, 4) is 0 Å². The fourth-order valence-corrected chi connectivity index (χ4v) is 2.75. The van der Waals surface area contributed by atoms with Gasteiger partial charge in [-0.3, -0.25) is 9.69 Å². The first-order valence-corrected chi connectivity index (χ1v) is 6.94. The lowest BCUT2D eigenvalue weighted by molar-refractivity contribution is -0.150. The first-order valence-electron chi connectivity index (χ1n) is 6.07. The van der Waals surface area contributed by atoms with Crippen LogP contribution in [-0.2, 0) is 16.1 Å². The second-order valence-corrected chi connectivity index (χ2v) is 5.62. The van der Waals surface area contributed by atoms with Gasteiger partial charge in [0, 0.05) is 24.4 Å². The van der Waals surface area contributed by atoms with E-state index >= 15 is 0 Å². The number of rotatable bonds is 4. The predicted octanol–water partition coefficient (Wildman–Crippen LogP) is 1.55. The zero-order valence-electron chi connectivity index (χ0n) is 10.6. The van der Waals surface area contributed by atoms with Crippen LogP contribution in [0.4, 0.5) is 0 Å². The van der Waals surface area contributed by atoms with Crippen LogP contribution < -0.4 is 0 Å². The maximum Gasteiger partial charge on any atom is 0.323 e. The molecule has 5 nitrogen and oxygen atoms in total. The molecule has 6 heteroatoms. The highest BCUT2D eigenvalue weighted by molar-refractivity contribution is 7.09. The van der Waals surface area contributed by atoms with E-state index in [4.69, 9.17) is 9.84 Å². The molecule has 0 spiro atoms. The van der Waals surface area contributed by atoms with Crippen molar-refractivity contribution in [2.45, 2.75) is 32.4 Å². The molecule has 1 aliphatic heterocycles. The standard InChI is InChI=1S/C12H18N2O3S/c1-8(2)11-13-9(7-18-11)5-14-3-4-17-6-10(14)12(15)16/h7-8,10H,3-6H2,1-2H3,(H,15,16). The third-order valence-electron chi connectivity index (χ3n) is 2.95. The Balaban J connectivity index is 2.03. The largest absolute Gasteiger partial charge is 0.480 e. The molecule has 18 heavy (non-hydrogen) atoms. The summed E-state index contributed by atoms with van der Waals surface area (Å²) in [6.07, 6.45) is 0. The molecule has 1 atom stereocenters. The van der Waals surface area contributed by atoms with E-state index in [1.54, 1.807) is 11.3 Å². The van der Waals surface area contributed by atoms with Crippen molar-refractivity contribution in [3.05, 3.63) is 16.1 Å². The molecule has 1 N–H and O–H groups in total. The van der Waals surface area contributed by atoms with Crippen molar-refractivity contribution in [1.29, 1.82) is 0 Å². The van der Waals surface area contributed by atoms with Crippen molar-refractivity contribution in [2.75, 3.05) is 19.8 Å². The Hall–Kier alpha value is -0.980. The van der Waals surface area contributed by atoms with Gasteiger partial charge in [0.1, 0.15) is 6.04 Å². The van der Waals surface area contributed by atoms with Crippen LogP contribution in [0, 0.1) is 0 Å². The smallest absolute Gasteiger partial charge is 0.323 e. The first kappa shape index (κ1) is 13.5. The number of nitrogens with zero attached hydrogens (tertiary/aromatic N) is 2. The maximum atomic E-state index is 11.1. The summed E-state index contributed by atoms with van der Waals surface area (Å²) in [6.45, 7) is 6.30. The molecule has 100 valence electrons. The molecule has 0 aromatic carbocycles. The number of ether oxygens (including phenoxy) is 1. The summed E-state index contributed by atoms with van der Waals surface area (Å²) in [4.78, 5) is 17.6. The number of aromatic nitrogens is 1. The molecule has 0 aliphatic carbocycles. The lowest BCUT2D eigenvalue weighted by Gasteiger charge is -2.32. The van der Waals surface area contributed by atoms with Gasteiger partial charge in [-0.15, -0.1) is 11.3 Å². The van der Waals surface area contributed by atoms with Gasteiger partial charge in [-0.1, -0.05) is 13.8 Å². The summed E-state index contributed by atoms with van der Waals surface area (Å²) in [5, 5.41) is 12.3. The molecule has 0 saturated carbocycles. The van der Waals surface area contributed by atoms with E-state index in [1.807, 2.05) is 10.3 Å². The predicted molar refractivity (Wildman–Crippen MR) is 68.9 cm³/mol. The lowest BCUT2D eigenvalue weighted by atomic mass is 10.2. The van der Waals surface area contributed by atoms with Gasteiger partial charge in [0.05, 0.1) is 23.9 Å². The van der Waals surface area contributed by atoms with E-state index in [-0.39, 0.29) is 6.61 Å². The summed E-state index contributed by atoms with van der Waals surface area (Å²) in [5.74, 6) is -0.405. The van der Waals surface area contributed by atoms with Gasteiger partial charge >= 0.3 is 5.97 Å². The Bertz CT molecular complexity index is 419. The number of morpholine rings is 1. The summed E-state index contributed by atoms with van der Waals surface area (Å²) in [5.41, 5.74) is 0.955. The van der Waals surface area contributed by atoms with Crippen LogP contribution in [0.1, 0.15) is 30.5 Å². The second-order valence-electron chi connectivity index (χ2n) is 4.73. The Morgan fingerprint density at radius 3 is 3.11 bits per heavy atom. The molecule has 0 bridgehead atoms. The molecular formula is C12H18N2O3S. The Kier molecular flexibility index (Phi) is 4.31. The molecule has 1 aliphatic rings. The number of carboxylic acids is 1. The number of carbonyl (C=O) groups is 1. The molecule has 0 amide bonds. The van der Waals surface area contributed by atoms with Gasteiger partial charge in [-0.25, -0.2) is 4.98 Å². The van der Waals surface area contributed by atoms with Crippen LogP contribution in [-0.4, -0.2) is 46.8 Å². The molecule has 2 rings (SSSR count). The Morgan fingerprint density at radius 2 is 2.50 bits per heavy atom. The van der Waals surface area contributed by atoms with Gasteiger partial charge in [-0.05, 0) is 0 Å². The quantitative estimate of drug-likeness (QED) is 0.899. The van der Waals surface area contributed by atoms with Crippen molar-refractivity contribution in [3.63, 3.8) is 0 Å². The molecule has 2 heterocycles. The minimum absolute atomic E-state index is 0.260. The van der Waals surface area contributed by atoms with E-state index in [0.29, 0.717) is 25.6 Å². The highest BCUT2D eigenvalue weighted by Gasteiger charge is 2.29. The molecular weight excluding hydrogens is 252 g/mol. The zero-order valence-corrected chi connectivity index (χ0v) is 11.4. The first-order chi connectivity index (χ1) is 8.58. The Morgan fingerprint density at radius 1 is 1.72 bits per heavy atom. The minimum Gasteiger partial charge on any atom is -0.480 e. The molecule has 1 unspecified atom stereocenters. The lowest BCUT2D eigenvalue weighted by Crippen LogP contribution is -2.49. The molecule has 1 saturated heterocycles. The fraction of sp³-hybridized carbons (Fsp3) is 0.667. The average Bonchev–Trinajstić information content (AvgIpc) is 2.78. The highest BCUT2D eigenvalue weighted by atomic mass is 32.1. The average molecular weight is 270 g/mol. The van der Waals surface area contributed by atoms with E-state index in [2.05, 4.69) is 18.8 Å². The van der Waals surface area contributed by atoms with E-state index in [0.717, 1.165) is 10.7 Å². The van der Waals surface area contributed by atoms with Crippen LogP contribution in [0.3, 0.4) is 0 Å². The maximum absolute atomic E-state index is 11.1. The van der Waals surface area contributed by atoms with Crippen molar-refractivity contribution in [1.82, 2.24) is 9.88 Å². The fourth-order valence-electron chi connectivity index (χ4n) is 1.92. The summed E-state index contributed by atoms with van der Waals surface area (Å²) in [6, 6.07) is -0.553. The summed E-state index contributed by atoms with van der Waals surface area (Å²) < 4.78 is 5.21. The number of carboxylic acid groups (broad SMARTS) is 1. The van der Waals surface area contributed by atoms with Crippen LogP contribution >= 0.6 is 11.3 Å². The van der Waals surface area contributed by atoms with Gasteiger partial charge in [-0.2, -0.15) is 0 Å². The van der Waals surface area contributed by atoms with Gasteiger partial charge in [0.15, 0.2) is 0 Å². The third kappa shape index (κ3) is 3.07. The van der Waals surface area contributed by atoms with E-state index < -0.39 is 12.0 Å². The number of aliphatic carboxylic acids is 1. The van der Waals surface area contributed by atoms with E-state index in [9.17, 15) is 4.79 Å². The van der Waals surface area contributed by atoms with Crippen LogP contribution in [0.25, 0.3) is 0 Å². The number of thiazole rings is 1.